The number of aliphatic hydroxyl groups is 5. The Hall–Kier alpha value is -2.12. The van der Waals surface area contributed by atoms with Crippen LogP contribution in [0.15, 0.2) is 36.5 Å². The summed E-state index contributed by atoms with van der Waals surface area (Å²) in [5.74, 6) is -0.201. The zero-order valence-electron chi connectivity index (χ0n) is 46.4. The van der Waals surface area contributed by atoms with Crippen LogP contribution in [0.1, 0.15) is 277 Å². The van der Waals surface area contributed by atoms with Gasteiger partial charge in [-0.15, -0.1) is 0 Å². The first-order valence-corrected chi connectivity index (χ1v) is 30.3. The molecule has 0 saturated carbocycles. The Balaban J connectivity index is 2.04. The standard InChI is InChI=1S/C61H113NO10/c1-3-5-7-9-11-13-28-33-37-41-45-49-57(66)70-50-46-42-38-34-30-27-25-23-21-19-17-15-16-18-20-22-24-26-29-32-36-40-44-48-56(65)62-53(52-71-61-60(69)59(68)58(67)55(51-63)72-61)54(64)47-43-39-35-31-14-12-10-8-6-4-2/h14,18,20,31,43,47,53-55,58-61,63-64,67-69H,3-13,15-17,19,21-30,32-42,44-46,48-52H2,1-2H3,(H,62,65)/b20-18-,31-14+,47-43+. The van der Waals surface area contributed by atoms with Crippen LogP contribution in [-0.4, -0.2) is 100 Å². The van der Waals surface area contributed by atoms with Crippen molar-refractivity contribution in [3.63, 3.8) is 0 Å². The van der Waals surface area contributed by atoms with Crippen LogP contribution in [0, 0.1) is 0 Å². The monoisotopic (exact) mass is 1020 g/mol. The molecule has 0 radical (unpaired) electrons. The van der Waals surface area contributed by atoms with E-state index in [0.29, 0.717) is 19.4 Å². The maximum atomic E-state index is 13.0. The molecule has 0 aromatic rings. The Morgan fingerprint density at radius 1 is 0.500 bits per heavy atom. The summed E-state index contributed by atoms with van der Waals surface area (Å²) in [6.45, 7) is 4.29. The molecule has 1 fully saturated rings. The van der Waals surface area contributed by atoms with Crippen LogP contribution < -0.4 is 5.32 Å². The quantitative estimate of drug-likeness (QED) is 0.0195. The summed E-state index contributed by atoms with van der Waals surface area (Å²) in [5, 5.41) is 54.2. The lowest BCUT2D eigenvalue weighted by atomic mass is 9.99. The van der Waals surface area contributed by atoms with Crippen molar-refractivity contribution < 1.29 is 49.3 Å². The number of amides is 1. The zero-order chi connectivity index (χ0) is 52.4. The number of hydrogen-bond donors (Lipinski definition) is 6. The first kappa shape index (κ1) is 67.9. The first-order valence-electron chi connectivity index (χ1n) is 30.3. The van der Waals surface area contributed by atoms with Gasteiger partial charge in [-0.05, 0) is 70.6 Å². The maximum Gasteiger partial charge on any atom is 0.305 e. The number of carbonyl (C=O) groups is 2. The van der Waals surface area contributed by atoms with Crippen molar-refractivity contribution in [3.05, 3.63) is 36.5 Å². The Labute approximate surface area is 441 Å². The summed E-state index contributed by atoms with van der Waals surface area (Å²) in [6.07, 6.45) is 52.6. The van der Waals surface area contributed by atoms with Gasteiger partial charge in [0, 0.05) is 12.8 Å². The third kappa shape index (κ3) is 40.2. The second kappa shape index (κ2) is 51.0. The van der Waals surface area contributed by atoms with Gasteiger partial charge in [0.1, 0.15) is 24.4 Å². The average molecular weight is 1020 g/mol. The largest absolute Gasteiger partial charge is 0.466 e. The lowest BCUT2D eigenvalue weighted by Gasteiger charge is -2.40. The minimum absolute atomic E-state index is 0.00131. The number of nitrogens with one attached hydrogen (secondary N) is 1. The SMILES string of the molecule is CCCCCC/C=C/CC/C=C/C(O)C(COC1OC(CO)C(O)C(O)C1O)NC(=O)CCCCCCCCC/C=C\CCCCCCCCCCCCCCOC(=O)CCCCCCCCCCCCC. The van der Waals surface area contributed by atoms with Gasteiger partial charge in [-0.1, -0.05) is 230 Å². The fourth-order valence-corrected chi connectivity index (χ4v) is 9.39. The molecular formula is C61H113NO10. The smallest absolute Gasteiger partial charge is 0.305 e. The molecule has 1 aliphatic heterocycles. The zero-order valence-corrected chi connectivity index (χ0v) is 46.4. The van der Waals surface area contributed by atoms with Crippen molar-refractivity contribution in [3.8, 4) is 0 Å². The summed E-state index contributed by atoms with van der Waals surface area (Å²) >= 11 is 0. The Kier molecular flexibility index (Phi) is 48.1. The van der Waals surface area contributed by atoms with Crippen molar-refractivity contribution >= 4 is 11.9 Å². The summed E-state index contributed by atoms with van der Waals surface area (Å²) in [6, 6.07) is -0.831. The highest BCUT2D eigenvalue weighted by molar-refractivity contribution is 5.76. The van der Waals surface area contributed by atoms with Gasteiger partial charge in [-0.2, -0.15) is 0 Å². The van der Waals surface area contributed by atoms with Gasteiger partial charge in [-0.3, -0.25) is 9.59 Å². The minimum Gasteiger partial charge on any atom is -0.466 e. The van der Waals surface area contributed by atoms with Gasteiger partial charge < -0.3 is 45.1 Å². The molecule has 422 valence electrons. The van der Waals surface area contributed by atoms with Crippen LogP contribution in [0.5, 0.6) is 0 Å². The number of rotatable bonds is 52. The molecule has 0 aromatic heterocycles. The van der Waals surface area contributed by atoms with Gasteiger partial charge in [0.2, 0.25) is 5.91 Å². The van der Waals surface area contributed by atoms with Crippen molar-refractivity contribution in [2.75, 3.05) is 19.8 Å². The van der Waals surface area contributed by atoms with Gasteiger partial charge in [0.25, 0.3) is 0 Å². The van der Waals surface area contributed by atoms with E-state index in [1.165, 1.54) is 180 Å². The lowest BCUT2D eigenvalue weighted by Crippen LogP contribution is -2.60. The molecule has 1 rings (SSSR count). The van der Waals surface area contributed by atoms with Crippen molar-refractivity contribution in [2.24, 2.45) is 0 Å². The molecule has 1 heterocycles. The normalized spacial score (nSPS) is 19.2. The van der Waals surface area contributed by atoms with Crippen LogP contribution >= 0.6 is 0 Å². The van der Waals surface area contributed by atoms with E-state index in [9.17, 15) is 35.1 Å². The van der Waals surface area contributed by atoms with Gasteiger partial charge in [0.05, 0.1) is 32.0 Å². The first-order chi connectivity index (χ1) is 35.2. The van der Waals surface area contributed by atoms with E-state index < -0.39 is 49.5 Å². The van der Waals surface area contributed by atoms with Crippen LogP contribution in [-0.2, 0) is 23.8 Å². The molecular weight excluding hydrogens is 907 g/mol. The fraction of sp³-hybridized carbons (Fsp3) is 0.869. The summed E-state index contributed by atoms with van der Waals surface area (Å²) in [5.41, 5.74) is 0. The van der Waals surface area contributed by atoms with Crippen molar-refractivity contribution in [1.29, 1.82) is 0 Å². The highest BCUT2D eigenvalue weighted by Crippen LogP contribution is 2.23. The molecule has 1 saturated heterocycles. The second-order valence-electron chi connectivity index (χ2n) is 21.0. The number of ether oxygens (including phenoxy) is 3. The molecule has 7 unspecified atom stereocenters. The predicted molar refractivity (Wildman–Crippen MR) is 297 cm³/mol. The van der Waals surface area contributed by atoms with E-state index in [1.807, 2.05) is 6.08 Å². The van der Waals surface area contributed by atoms with Gasteiger partial charge in [0.15, 0.2) is 6.29 Å². The summed E-state index contributed by atoms with van der Waals surface area (Å²) in [7, 11) is 0. The number of esters is 1. The van der Waals surface area contributed by atoms with Crippen LogP contribution in [0.3, 0.4) is 0 Å². The van der Waals surface area contributed by atoms with Gasteiger partial charge >= 0.3 is 5.97 Å². The van der Waals surface area contributed by atoms with E-state index in [1.54, 1.807) is 6.08 Å². The van der Waals surface area contributed by atoms with Crippen LogP contribution in [0.25, 0.3) is 0 Å². The Morgan fingerprint density at radius 3 is 1.39 bits per heavy atom. The lowest BCUT2D eigenvalue weighted by molar-refractivity contribution is -0.302. The number of allylic oxidation sites excluding steroid dienone is 5. The maximum absolute atomic E-state index is 13.0. The van der Waals surface area contributed by atoms with E-state index in [-0.39, 0.29) is 18.5 Å². The molecule has 0 aliphatic carbocycles. The molecule has 1 aliphatic rings. The van der Waals surface area contributed by atoms with E-state index in [2.05, 4.69) is 43.5 Å². The molecule has 11 heteroatoms. The fourth-order valence-electron chi connectivity index (χ4n) is 9.39. The Bertz CT molecular complexity index is 1290. The molecule has 11 nitrogen and oxygen atoms in total. The molecule has 0 aromatic carbocycles. The molecule has 6 N–H and O–H groups in total. The highest BCUT2D eigenvalue weighted by atomic mass is 16.7. The molecule has 0 bridgehead atoms. The predicted octanol–water partition coefficient (Wildman–Crippen LogP) is 13.9. The van der Waals surface area contributed by atoms with Crippen LogP contribution in [0.4, 0.5) is 0 Å². The van der Waals surface area contributed by atoms with Crippen LogP contribution in [0.2, 0.25) is 0 Å². The number of hydrogen-bond acceptors (Lipinski definition) is 10. The second-order valence-corrected chi connectivity index (χ2v) is 21.0. The van der Waals surface area contributed by atoms with Crippen molar-refractivity contribution in [2.45, 2.75) is 320 Å². The van der Waals surface area contributed by atoms with Gasteiger partial charge in [-0.25, -0.2) is 0 Å². The Morgan fingerprint density at radius 2 is 0.903 bits per heavy atom. The topological polar surface area (TPSA) is 175 Å². The number of unbranched alkanes of at least 4 members (excludes halogenated alkanes) is 34. The third-order valence-electron chi connectivity index (χ3n) is 14.2. The molecule has 72 heavy (non-hydrogen) atoms. The summed E-state index contributed by atoms with van der Waals surface area (Å²) < 4.78 is 16.7. The average Bonchev–Trinajstić information content (AvgIpc) is 3.38. The summed E-state index contributed by atoms with van der Waals surface area (Å²) in [4.78, 5) is 25.0. The molecule has 0 spiro atoms. The van der Waals surface area contributed by atoms with E-state index in [0.717, 1.165) is 70.6 Å². The number of carbonyl (C=O) groups excluding carboxylic acids is 2. The number of aliphatic hydroxyl groups excluding tert-OH is 5. The van der Waals surface area contributed by atoms with E-state index >= 15 is 0 Å². The molecule has 1 amide bonds. The minimum atomic E-state index is -1.58. The highest BCUT2D eigenvalue weighted by Gasteiger charge is 2.44. The third-order valence-corrected chi connectivity index (χ3v) is 14.2. The van der Waals surface area contributed by atoms with E-state index in [4.69, 9.17) is 14.2 Å². The molecule has 7 atom stereocenters. The van der Waals surface area contributed by atoms with Crippen molar-refractivity contribution in [1.82, 2.24) is 5.32 Å².